The molecule has 1 N–H and O–H groups in total. The minimum absolute atomic E-state index is 0.0699. The fraction of sp³-hybridized carbons (Fsp3) is 0.529. The zero-order valence-electron chi connectivity index (χ0n) is 13.1. The number of likely N-dealkylation sites (tertiary alicyclic amines) is 1. The van der Waals surface area contributed by atoms with Crippen molar-refractivity contribution in [2.75, 3.05) is 39.4 Å². The van der Waals surface area contributed by atoms with Gasteiger partial charge in [0, 0.05) is 32.6 Å². The number of amides is 1. The van der Waals surface area contributed by atoms with Crippen LogP contribution in [0.2, 0.25) is 0 Å². The van der Waals surface area contributed by atoms with Crippen LogP contribution in [-0.2, 0) is 14.3 Å². The number of rotatable bonds is 5. The van der Waals surface area contributed by atoms with Gasteiger partial charge in [-0.05, 0) is 5.56 Å². The van der Waals surface area contributed by atoms with E-state index in [0.29, 0.717) is 19.8 Å². The van der Waals surface area contributed by atoms with Crippen molar-refractivity contribution in [1.29, 1.82) is 0 Å². The van der Waals surface area contributed by atoms with E-state index in [1.807, 2.05) is 30.3 Å². The van der Waals surface area contributed by atoms with E-state index in [1.54, 1.807) is 4.90 Å². The number of benzene rings is 1. The molecule has 1 aromatic rings. The van der Waals surface area contributed by atoms with Crippen LogP contribution < -0.4 is 0 Å². The third-order valence-electron chi connectivity index (χ3n) is 4.65. The Morgan fingerprint density at radius 3 is 2.52 bits per heavy atom. The van der Waals surface area contributed by atoms with E-state index in [9.17, 15) is 14.7 Å². The lowest BCUT2D eigenvalue weighted by atomic mass is 9.94. The topological polar surface area (TPSA) is 70.1 Å². The molecule has 23 heavy (non-hydrogen) atoms. The van der Waals surface area contributed by atoms with Gasteiger partial charge in [-0.15, -0.1) is 0 Å². The molecule has 0 saturated carbocycles. The van der Waals surface area contributed by atoms with E-state index in [-0.39, 0.29) is 18.4 Å². The van der Waals surface area contributed by atoms with Crippen LogP contribution in [0, 0.1) is 5.92 Å². The molecule has 124 valence electrons. The molecule has 6 nitrogen and oxygen atoms in total. The van der Waals surface area contributed by atoms with Crippen molar-refractivity contribution in [3.05, 3.63) is 35.9 Å². The second-order valence-electron chi connectivity index (χ2n) is 6.05. The summed E-state index contributed by atoms with van der Waals surface area (Å²) in [5.74, 6) is -1.64. The van der Waals surface area contributed by atoms with E-state index >= 15 is 0 Å². The van der Waals surface area contributed by atoms with Crippen molar-refractivity contribution in [3.8, 4) is 0 Å². The molecule has 0 radical (unpaired) electrons. The number of carbonyl (C=O) groups is 2. The zero-order chi connectivity index (χ0) is 16.2. The molecular weight excluding hydrogens is 296 g/mol. The van der Waals surface area contributed by atoms with Crippen molar-refractivity contribution >= 4 is 11.9 Å². The Balaban J connectivity index is 1.75. The van der Waals surface area contributed by atoms with Gasteiger partial charge < -0.3 is 14.7 Å². The fourth-order valence-electron chi connectivity index (χ4n) is 3.41. The predicted octanol–water partition coefficient (Wildman–Crippen LogP) is 0.993. The summed E-state index contributed by atoms with van der Waals surface area (Å²) in [7, 11) is 0. The molecule has 0 bridgehead atoms. The third kappa shape index (κ3) is 3.54. The summed E-state index contributed by atoms with van der Waals surface area (Å²) < 4.78 is 5.33. The molecule has 0 aliphatic carbocycles. The highest BCUT2D eigenvalue weighted by atomic mass is 16.5. The van der Waals surface area contributed by atoms with Gasteiger partial charge in [-0.25, -0.2) is 0 Å². The Labute approximate surface area is 135 Å². The average molecular weight is 318 g/mol. The second-order valence-corrected chi connectivity index (χ2v) is 6.05. The minimum atomic E-state index is -0.902. The quantitative estimate of drug-likeness (QED) is 0.877. The van der Waals surface area contributed by atoms with Gasteiger partial charge in [0.15, 0.2) is 0 Å². The van der Waals surface area contributed by atoms with Crippen LogP contribution in [0.4, 0.5) is 0 Å². The predicted molar refractivity (Wildman–Crippen MR) is 83.9 cm³/mol. The number of hydrogen-bond donors (Lipinski definition) is 1. The summed E-state index contributed by atoms with van der Waals surface area (Å²) in [6.07, 6.45) is 0.0814. The lowest BCUT2D eigenvalue weighted by molar-refractivity contribution is -0.142. The van der Waals surface area contributed by atoms with Crippen molar-refractivity contribution in [2.24, 2.45) is 5.92 Å². The first-order chi connectivity index (χ1) is 11.2. The molecule has 2 atom stereocenters. The molecule has 2 heterocycles. The highest BCUT2D eigenvalue weighted by Gasteiger charge is 2.44. The van der Waals surface area contributed by atoms with E-state index in [2.05, 4.69) is 4.90 Å². The Hall–Kier alpha value is -1.92. The standard InChI is InChI=1S/C17H22N2O4/c20-15-12-14(17(21)22)16(13-4-2-1-3-5-13)19(15)7-6-18-8-10-23-11-9-18/h1-5,14,16H,6-12H2,(H,21,22)/t14-,16+/m0/s1. The summed E-state index contributed by atoms with van der Waals surface area (Å²) >= 11 is 0. The molecule has 2 saturated heterocycles. The smallest absolute Gasteiger partial charge is 0.309 e. The third-order valence-corrected chi connectivity index (χ3v) is 4.65. The van der Waals surface area contributed by atoms with Gasteiger partial charge in [0.05, 0.1) is 25.2 Å². The maximum atomic E-state index is 12.4. The highest BCUT2D eigenvalue weighted by Crippen LogP contribution is 2.38. The number of morpholine rings is 1. The SMILES string of the molecule is O=C(O)[C@H]1CC(=O)N(CCN2CCOCC2)[C@@H]1c1ccccc1. The van der Waals surface area contributed by atoms with Crippen LogP contribution in [0.1, 0.15) is 18.0 Å². The molecule has 0 aromatic heterocycles. The number of hydrogen-bond acceptors (Lipinski definition) is 4. The second kappa shape index (κ2) is 7.10. The molecule has 6 heteroatoms. The number of carboxylic acids is 1. The van der Waals surface area contributed by atoms with Gasteiger partial charge >= 0.3 is 5.97 Å². The van der Waals surface area contributed by atoms with Gasteiger partial charge in [-0.1, -0.05) is 30.3 Å². The van der Waals surface area contributed by atoms with Gasteiger partial charge in [0.2, 0.25) is 5.91 Å². The lowest BCUT2D eigenvalue weighted by Crippen LogP contribution is -2.42. The van der Waals surface area contributed by atoms with Crippen molar-refractivity contribution in [1.82, 2.24) is 9.80 Å². The van der Waals surface area contributed by atoms with Crippen LogP contribution in [0.3, 0.4) is 0 Å². The summed E-state index contributed by atoms with van der Waals surface area (Å²) in [6.45, 7) is 4.47. The van der Waals surface area contributed by atoms with Gasteiger partial charge in [0.25, 0.3) is 0 Å². The van der Waals surface area contributed by atoms with Crippen molar-refractivity contribution in [3.63, 3.8) is 0 Å². The molecular formula is C17H22N2O4. The maximum Gasteiger partial charge on any atom is 0.309 e. The first-order valence-corrected chi connectivity index (χ1v) is 8.04. The summed E-state index contributed by atoms with van der Waals surface area (Å²) in [6, 6.07) is 9.10. The highest BCUT2D eigenvalue weighted by molar-refractivity contribution is 5.87. The molecule has 2 aliphatic rings. The number of nitrogens with zero attached hydrogens (tertiary/aromatic N) is 2. The van der Waals surface area contributed by atoms with Crippen LogP contribution in [0.15, 0.2) is 30.3 Å². The molecule has 0 spiro atoms. The molecule has 0 unspecified atom stereocenters. The molecule has 2 fully saturated rings. The number of carboxylic acid groups (broad SMARTS) is 1. The maximum absolute atomic E-state index is 12.4. The first-order valence-electron chi connectivity index (χ1n) is 8.04. The van der Waals surface area contributed by atoms with Crippen LogP contribution in [0.5, 0.6) is 0 Å². The molecule has 2 aliphatic heterocycles. The lowest BCUT2D eigenvalue weighted by Gasteiger charge is -2.32. The molecule has 3 rings (SSSR count). The normalized spacial score (nSPS) is 25.7. The van der Waals surface area contributed by atoms with E-state index in [4.69, 9.17) is 4.74 Å². The van der Waals surface area contributed by atoms with Gasteiger partial charge in [-0.3, -0.25) is 14.5 Å². The van der Waals surface area contributed by atoms with Crippen LogP contribution in [0.25, 0.3) is 0 Å². The Morgan fingerprint density at radius 2 is 1.87 bits per heavy atom. The summed E-state index contributed by atoms with van der Waals surface area (Å²) in [5, 5.41) is 9.49. The van der Waals surface area contributed by atoms with Gasteiger partial charge in [0.1, 0.15) is 0 Å². The van der Waals surface area contributed by atoms with Crippen LogP contribution >= 0.6 is 0 Å². The van der Waals surface area contributed by atoms with Crippen molar-refractivity contribution < 1.29 is 19.4 Å². The average Bonchev–Trinajstić information content (AvgIpc) is 2.91. The van der Waals surface area contributed by atoms with Gasteiger partial charge in [-0.2, -0.15) is 0 Å². The van der Waals surface area contributed by atoms with E-state index in [0.717, 1.165) is 25.2 Å². The molecule has 1 aromatic carbocycles. The Bertz CT molecular complexity index is 557. The minimum Gasteiger partial charge on any atom is -0.481 e. The monoisotopic (exact) mass is 318 g/mol. The number of ether oxygens (including phenoxy) is 1. The summed E-state index contributed by atoms with van der Waals surface area (Å²) in [4.78, 5) is 27.9. The van der Waals surface area contributed by atoms with E-state index < -0.39 is 11.9 Å². The Kier molecular flexibility index (Phi) is 4.93. The summed E-state index contributed by atoms with van der Waals surface area (Å²) in [5.41, 5.74) is 0.896. The Morgan fingerprint density at radius 1 is 1.17 bits per heavy atom. The molecule has 1 amide bonds. The van der Waals surface area contributed by atoms with Crippen LogP contribution in [-0.4, -0.2) is 66.2 Å². The largest absolute Gasteiger partial charge is 0.481 e. The zero-order valence-corrected chi connectivity index (χ0v) is 13.1. The first kappa shape index (κ1) is 16.0. The van der Waals surface area contributed by atoms with E-state index in [1.165, 1.54) is 0 Å². The number of aliphatic carboxylic acids is 1. The fourth-order valence-corrected chi connectivity index (χ4v) is 3.41. The van der Waals surface area contributed by atoms with Crippen molar-refractivity contribution in [2.45, 2.75) is 12.5 Å². The number of carbonyl (C=O) groups excluding carboxylic acids is 1.